The van der Waals surface area contributed by atoms with Crippen LogP contribution >= 0.6 is 12.2 Å². The first kappa shape index (κ1) is 19.9. The summed E-state index contributed by atoms with van der Waals surface area (Å²) in [5.74, 6) is 0.559. The molecule has 1 fully saturated rings. The van der Waals surface area contributed by atoms with Crippen molar-refractivity contribution in [3.05, 3.63) is 47.8 Å². The SMILES string of the molecule is COc1cc(F)ccc1CN1CC(=O)N(c2ccc(N(C)C)c(OC)c2)C1=S. The molecule has 1 saturated heterocycles. The Morgan fingerprint density at radius 1 is 1.11 bits per heavy atom. The number of carbonyl (C=O) groups excluding carboxylic acids is 1. The molecular formula is C20H22FN3O3S. The van der Waals surface area contributed by atoms with E-state index in [1.165, 1.54) is 24.1 Å². The van der Waals surface area contributed by atoms with Crippen LogP contribution in [0.2, 0.25) is 0 Å². The highest BCUT2D eigenvalue weighted by Gasteiger charge is 2.34. The van der Waals surface area contributed by atoms with Gasteiger partial charge in [0.2, 0.25) is 0 Å². The number of rotatable bonds is 6. The molecule has 0 spiro atoms. The second-order valence-corrected chi connectivity index (χ2v) is 6.94. The molecule has 6 nitrogen and oxygen atoms in total. The number of amides is 1. The average molecular weight is 403 g/mol. The van der Waals surface area contributed by atoms with E-state index in [2.05, 4.69) is 0 Å². The molecule has 0 atom stereocenters. The first-order valence-electron chi connectivity index (χ1n) is 8.65. The Kier molecular flexibility index (Phi) is 5.69. The van der Waals surface area contributed by atoms with E-state index < -0.39 is 0 Å². The monoisotopic (exact) mass is 403 g/mol. The van der Waals surface area contributed by atoms with E-state index in [0.29, 0.717) is 28.8 Å². The van der Waals surface area contributed by atoms with Gasteiger partial charge in [-0.1, -0.05) is 6.07 Å². The van der Waals surface area contributed by atoms with Crippen molar-refractivity contribution >= 4 is 34.6 Å². The predicted molar refractivity (Wildman–Crippen MR) is 111 cm³/mol. The maximum absolute atomic E-state index is 13.4. The molecule has 2 aromatic carbocycles. The van der Waals surface area contributed by atoms with E-state index in [1.54, 1.807) is 24.1 Å². The molecular weight excluding hydrogens is 381 g/mol. The third-order valence-electron chi connectivity index (χ3n) is 4.55. The van der Waals surface area contributed by atoms with Crippen LogP contribution in [0.5, 0.6) is 11.5 Å². The highest BCUT2D eigenvalue weighted by molar-refractivity contribution is 7.80. The molecule has 0 saturated carbocycles. The largest absolute Gasteiger partial charge is 0.496 e. The second-order valence-electron chi connectivity index (χ2n) is 6.57. The van der Waals surface area contributed by atoms with Crippen molar-refractivity contribution in [3.8, 4) is 11.5 Å². The molecule has 0 aromatic heterocycles. The minimum Gasteiger partial charge on any atom is -0.496 e. The zero-order valence-electron chi connectivity index (χ0n) is 16.2. The standard InChI is InChI=1S/C20H22FN3O3S/c1-22(2)16-8-7-15(10-18(16)27-4)24-19(25)12-23(20(24)28)11-13-5-6-14(21)9-17(13)26-3/h5-10H,11-12H2,1-4H3. The zero-order valence-corrected chi connectivity index (χ0v) is 17.0. The number of carbonyl (C=O) groups is 1. The summed E-state index contributed by atoms with van der Waals surface area (Å²) in [6.07, 6.45) is 0. The zero-order chi connectivity index (χ0) is 20.4. The number of anilines is 2. The average Bonchev–Trinajstić information content (AvgIpc) is 2.95. The minimum absolute atomic E-state index is 0.134. The summed E-state index contributed by atoms with van der Waals surface area (Å²) in [7, 11) is 6.90. The topological polar surface area (TPSA) is 45.2 Å². The molecule has 1 aliphatic heterocycles. The summed E-state index contributed by atoms with van der Waals surface area (Å²) in [5.41, 5.74) is 2.30. The maximum Gasteiger partial charge on any atom is 0.252 e. The molecule has 1 amide bonds. The van der Waals surface area contributed by atoms with E-state index in [1.807, 2.05) is 31.1 Å². The number of benzene rings is 2. The van der Waals surface area contributed by atoms with Crippen LogP contribution < -0.4 is 19.3 Å². The number of hydrogen-bond donors (Lipinski definition) is 0. The van der Waals surface area contributed by atoms with Crippen LogP contribution in [0, 0.1) is 5.82 Å². The molecule has 8 heteroatoms. The number of hydrogen-bond acceptors (Lipinski definition) is 5. The molecule has 0 radical (unpaired) electrons. The van der Waals surface area contributed by atoms with Gasteiger partial charge in [0.15, 0.2) is 5.11 Å². The van der Waals surface area contributed by atoms with E-state index in [0.717, 1.165) is 11.3 Å². The summed E-state index contributed by atoms with van der Waals surface area (Å²) in [6.45, 7) is 0.481. The molecule has 0 bridgehead atoms. The maximum atomic E-state index is 13.4. The van der Waals surface area contributed by atoms with Crippen LogP contribution in [0.15, 0.2) is 36.4 Å². The quantitative estimate of drug-likeness (QED) is 0.691. The van der Waals surface area contributed by atoms with Gasteiger partial charge in [-0.05, 0) is 30.4 Å². The Hall–Kier alpha value is -2.87. The Morgan fingerprint density at radius 3 is 2.46 bits per heavy atom. The van der Waals surface area contributed by atoms with E-state index in [-0.39, 0.29) is 18.3 Å². The molecule has 28 heavy (non-hydrogen) atoms. The van der Waals surface area contributed by atoms with Crippen LogP contribution in [-0.4, -0.2) is 50.8 Å². The Morgan fingerprint density at radius 2 is 1.82 bits per heavy atom. The molecule has 2 aromatic rings. The third kappa shape index (κ3) is 3.73. The number of methoxy groups -OCH3 is 2. The van der Waals surface area contributed by atoms with Gasteiger partial charge in [-0.3, -0.25) is 9.69 Å². The van der Waals surface area contributed by atoms with Crippen LogP contribution in [0.4, 0.5) is 15.8 Å². The van der Waals surface area contributed by atoms with Gasteiger partial charge in [0.1, 0.15) is 23.9 Å². The number of nitrogens with zero attached hydrogens (tertiary/aromatic N) is 3. The first-order chi connectivity index (χ1) is 13.3. The van der Waals surface area contributed by atoms with E-state index >= 15 is 0 Å². The highest BCUT2D eigenvalue weighted by atomic mass is 32.1. The van der Waals surface area contributed by atoms with Crippen molar-refractivity contribution in [1.29, 1.82) is 0 Å². The lowest BCUT2D eigenvalue weighted by Gasteiger charge is -2.23. The van der Waals surface area contributed by atoms with E-state index in [9.17, 15) is 9.18 Å². The molecule has 3 rings (SSSR count). The molecule has 148 valence electrons. The summed E-state index contributed by atoms with van der Waals surface area (Å²) in [5, 5.41) is 0.385. The lowest BCUT2D eigenvalue weighted by molar-refractivity contribution is -0.116. The number of ether oxygens (including phenoxy) is 2. The van der Waals surface area contributed by atoms with Gasteiger partial charge in [-0.25, -0.2) is 4.39 Å². The number of halogens is 1. The van der Waals surface area contributed by atoms with E-state index in [4.69, 9.17) is 21.7 Å². The fourth-order valence-corrected chi connectivity index (χ4v) is 3.49. The summed E-state index contributed by atoms with van der Waals surface area (Å²) >= 11 is 5.55. The summed E-state index contributed by atoms with van der Waals surface area (Å²) in [4.78, 5) is 17.9. The van der Waals surface area contributed by atoms with Gasteiger partial charge in [0, 0.05) is 38.3 Å². The molecule has 0 N–H and O–H groups in total. The van der Waals surface area contributed by atoms with Crippen molar-refractivity contribution in [2.75, 3.05) is 44.7 Å². The van der Waals surface area contributed by atoms with Gasteiger partial charge in [-0.15, -0.1) is 0 Å². The van der Waals surface area contributed by atoms with Crippen molar-refractivity contribution in [3.63, 3.8) is 0 Å². The Labute approximate surface area is 169 Å². The van der Waals surface area contributed by atoms with Gasteiger partial charge < -0.3 is 19.3 Å². The van der Waals surface area contributed by atoms with Crippen molar-refractivity contribution in [2.45, 2.75) is 6.54 Å². The molecule has 0 unspecified atom stereocenters. The van der Waals surface area contributed by atoms with Crippen molar-refractivity contribution in [1.82, 2.24) is 4.90 Å². The lowest BCUT2D eigenvalue weighted by atomic mass is 10.2. The first-order valence-corrected chi connectivity index (χ1v) is 9.06. The predicted octanol–water partition coefficient (Wildman–Crippen LogP) is 3.04. The Balaban J connectivity index is 1.86. The Bertz CT molecular complexity index is 920. The van der Waals surface area contributed by atoms with Crippen molar-refractivity contribution in [2.24, 2.45) is 0 Å². The van der Waals surface area contributed by atoms with Gasteiger partial charge >= 0.3 is 0 Å². The minimum atomic E-state index is -0.379. The second kappa shape index (κ2) is 8.02. The highest BCUT2D eigenvalue weighted by Crippen LogP contribution is 2.34. The number of thiocarbonyl (C=S) groups is 1. The normalized spacial score (nSPS) is 13.9. The van der Waals surface area contributed by atoms with Crippen LogP contribution in [-0.2, 0) is 11.3 Å². The fraction of sp³-hybridized carbons (Fsp3) is 0.300. The molecule has 1 aliphatic rings. The molecule has 0 aliphatic carbocycles. The van der Waals surface area contributed by atoms with Gasteiger partial charge in [-0.2, -0.15) is 0 Å². The van der Waals surface area contributed by atoms with Crippen LogP contribution in [0.25, 0.3) is 0 Å². The summed E-state index contributed by atoms with van der Waals surface area (Å²) < 4.78 is 24.1. The third-order valence-corrected chi connectivity index (χ3v) is 4.99. The van der Waals surface area contributed by atoms with Gasteiger partial charge in [0.25, 0.3) is 5.91 Å². The van der Waals surface area contributed by atoms with Crippen LogP contribution in [0.3, 0.4) is 0 Å². The van der Waals surface area contributed by atoms with Gasteiger partial charge in [0.05, 0.1) is 25.6 Å². The lowest BCUT2D eigenvalue weighted by Crippen LogP contribution is -2.32. The smallest absolute Gasteiger partial charge is 0.252 e. The van der Waals surface area contributed by atoms with Crippen molar-refractivity contribution < 1.29 is 18.7 Å². The summed E-state index contributed by atoms with van der Waals surface area (Å²) in [6, 6.07) is 9.83. The fourth-order valence-electron chi connectivity index (χ4n) is 3.16. The molecule has 1 heterocycles. The van der Waals surface area contributed by atoms with Crippen LogP contribution in [0.1, 0.15) is 5.56 Å².